The van der Waals surface area contributed by atoms with E-state index < -0.39 is 5.91 Å². The number of hydrogen-bond acceptors (Lipinski definition) is 4. The second-order valence-electron chi connectivity index (χ2n) is 6.18. The maximum Gasteiger partial charge on any atom is 0.252 e. The zero-order valence-corrected chi connectivity index (χ0v) is 13.2. The summed E-state index contributed by atoms with van der Waals surface area (Å²) in [5.74, 6) is 0.730. The van der Waals surface area contributed by atoms with Crippen LogP contribution in [0.3, 0.4) is 0 Å². The summed E-state index contributed by atoms with van der Waals surface area (Å²) in [5.41, 5.74) is 8.09. The minimum Gasteiger partial charge on any atom is -0.456 e. The molecule has 2 unspecified atom stereocenters. The first kappa shape index (κ1) is 15.2. The number of carbonyl (C=O) groups is 1. The van der Waals surface area contributed by atoms with Crippen LogP contribution >= 0.6 is 0 Å². The second kappa shape index (κ2) is 6.26. The molecule has 2 aromatic carbocycles. The monoisotopic (exact) mass is 325 g/mol. The number of rotatable bonds is 7. The summed E-state index contributed by atoms with van der Waals surface area (Å²) in [7, 11) is 0. The Bertz CT molecular complexity index is 751. The van der Waals surface area contributed by atoms with Gasteiger partial charge in [0.1, 0.15) is 11.5 Å². The topological polar surface area (TPSA) is 77.4 Å². The van der Waals surface area contributed by atoms with Gasteiger partial charge >= 0.3 is 0 Å². The van der Waals surface area contributed by atoms with Crippen molar-refractivity contribution in [1.82, 2.24) is 0 Å². The maximum atomic E-state index is 11.9. The lowest BCUT2D eigenvalue weighted by Gasteiger charge is -2.17. The van der Waals surface area contributed by atoms with Crippen LogP contribution in [0.5, 0.6) is 11.5 Å². The Morgan fingerprint density at radius 1 is 1.04 bits per heavy atom. The number of epoxide rings is 2. The summed E-state index contributed by atoms with van der Waals surface area (Å²) in [4.78, 5) is 11.9. The number of nitrogens with two attached hydrogens (primary N) is 1. The summed E-state index contributed by atoms with van der Waals surface area (Å²) in [6, 6.07) is 13.1. The fourth-order valence-electron chi connectivity index (χ4n) is 2.85. The van der Waals surface area contributed by atoms with Crippen molar-refractivity contribution in [3.8, 4) is 11.5 Å². The smallest absolute Gasteiger partial charge is 0.252 e. The SMILES string of the molecule is NC(=O)c1ccc(CC2CO2)c(CC2CO2)c1Oc1ccccc1. The lowest BCUT2D eigenvalue weighted by atomic mass is 9.95. The quantitative estimate of drug-likeness (QED) is 0.793. The molecule has 2 aliphatic rings. The molecule has 2 saturated heterocycles. The first-order valence-electron chi connectivity index (χ1n) is 8.11. The molecular weight excluding hydrogens is 306 g/mol. The summed E-state index contributed by atoms with van der Waals surface area (Å²) in [5, 5.41) is 0. The zero-order chi connectivity index (χ0) is 16.5. The van der Waals surface area contributed by atoms with Crippen molar-refractivity contribution >= 4 is 5.91 Å². The van der Waals surface area contributed by atoms with E-state index in [1.807, 2.05) is 36.4 Å². The third kappa shape index (κ3) is 3.42. The Kier molecular flexibility index (Phi) is 3.96. The molecule has 2 fully saturated rings. The molecule has 0 saturated carbocycles. The molecule has 0 aliphatic carbocycles. The predicted octanol–water partition coefficient (Wildman–Crippen LogP) is 2.46. The molecule has 0 aromatic heterocycles. The molecular formula is C19H19NO4. The average Bonchev–Trinajstić information content (AvgIpc) is 3.47. The Balaban J connectivity index is 1.76. The standard InChI is InChI=1S/C19H19NO4/c20-19(21)16-7-6-12(8-14-10-22-14)17(9-15-11-23-15)18(16)24-13-4-2-1-3-5-13/h1-7,14-15H,8-11H2,(H2,20,21). The van der Waals surface area contributed by atoms with Gasteiger partial charge in [-0.2, -0.15) is 0 Å². The van der Waals surface area contributed by atoms with Crippen LogP contribution in [0.4, 0.5) is 0 Å². The van der Waals surface area contributed by atoms with Gasteiger partial charge in [-0.3, -0.25) is 4.79 Å². The van der Waals surface area contributed by atoms with Crippen molar-refractivity contribution in [3.05, 3.63) is 59.2 Å². The van der Waals surface area contributed by atoms with Crippen LogP contribution < -0.4 is 10.5 Å². The summed E-state index contributed by atoms with van der Waals surface area (Å²) in [6.07, 6.45) is 1.97. The van der Waals surface area contributed by atoms with Gasteiger partial charge in [0, 0.05) is 18.4 Å². The Morgan fingerprint density at radius 2 is 1.71 bits per heavy atom. The number of hydrogen-bond donors (Lipinski definition) is 1. The van der Waals surface area contributed by atoms with Crippen molar-refractivity contribution in [2.75, 3.05) is 13.2 Å². The highest BCUT2D eigenvalue weighted by atomic mass is 16.6. The Morgan fingerprint density at radius 3 is 2.33 bits per heavy atom. The van der Waals surface area contributed by atoms with Gasteiger partial charge in [-0.05, 0) is 23.8 Å². The van der Waals surface area contributed by atoms with E-state index in [0.29, 0.717) is 23.5 Å². The van der Waals surface area contributed by atoms with Gasteiger partial charge in [0.05, 0.1) is 31.0 Å². The van der Waals surface area contributed by atoms with Crippen molar-refractivity contribution in [3.63, 3.8) is 0 Å². The summed E-state index contributed by atoms with van der Waals surface area (Å²) < 4.78 is 16.8. The van der Waals surface area contributed by atoms with Gasteiger partial charge in [0.25, 0.3) is 5.91 Å². The minimum absolute atomic E-state index is 0.185. The van der Waals surface area contributed by atoms with Crippen LogP contribution in [0.2, 0.25) is 0 Å². The van der Waals surface area contributed by atoms with Crippen molar-refractivity contribution in [1.29, 1.82) is 0 Å². The van der Waals surface area contributed by atoms with Gasteiger partial charge in [0.15, 0.2) is 0 Å². The molecule has 0 spiro atoms. The highest BCUT2D eigenvalue weighted by Crippen LogP contribution is 2.36. The second-order valence-corrected chi connectivity index (χ2v) is 6.18. The third-order valence-corrected chi connectivity index (χ3v) is 4.27. The predicted molar refractivity (Wildman–Crippen MR) is 88.4 cm³/mol. The van der Waals surface area contributed by atoms with E-state index in [2.05, 4.69) is 0 Å². The van der Waals surface area contributed by atoms with Crippen LogP contribution in [0, 0.1) is 0 Å². The van der Waals surface area contributed by atoms with Gasteiger partial charge in [-0.15, -0.1) is 0 Å². The fraction of sp³-hybridized carbons (Fsp3) is 0.316. The van der Waals surface area contributed by atoms with Gasteiger partial charge in [-0.1, -0.05) is 24.3 Å². The Hall–Kier alpha value is -2.37. The van der Waals surface area contributed by atoms with Crippen molar-refractivity contribution in [2.24, 2.45) is 5.73 Å². The minimum atomic E-state index is -0.492. The van der Waals surface area contributed by atoms with E-state index >= 15 is 0 Å². The molecule has 5 nitrogen and oxygen atoms in total. The molecule has 0 radical (unpaired) electrons. The summed E-state index contributed by atoms with van der Waals surface area (Å²) >= 11 is 0. The average molecular weight is 325 g/mol. The Labute approximate surface area is 140 Å². The van der Waals surface area contributed by atoms with E-state index in [4.69, 9.17) is 19.9 Å². The van der Waals surface area contributed by atoms with Crippen LogP contribution in [-0.2, 0) is 22.3 Å². The lowest BCUT2D eigenvalue weighted by molar-refractivity contribution is 0.0998. The molecule has 0 bridgehead atoms. The maximum absolute atomic E-state index is 11.9. The van der Waals surface area contributed by atoms with Gasteiger partial charge in [-0.25, -0.2) is 0 Å². The van der Waals surface area contributed by atoms with Crippen molar-refractivity contribution in [2.45, 2.75) is 25.0 Å². The molecule has 2 atom stereocenters. The molecule has 1 amide bonds. The molecule has 2 heterocycles. The highest BCUT2D eigenvalue weighted by Gasteiger charge is 2.31. The van der Waals surface area contributed by atoms with Crippen LogP contribution in [-0.4, -0.2) is 31.3 Å². The van der Waals surface area contributed by atoms with Crippen LogP contribution in [0.15, 0.2) is 42.5 Å². The lowest BCUT2D eigenvalue weighted by Crippen LogP contribution is -2.15. The molecule has 4 rings (SSSR count). The van der Waals surface area contributed by atoms with E-state index in [1.54, 1.807) is 6.07 Å². The zero-order valence-electron chi connectivity index (χ0n) is 13.2. The van der Waals surface area contributed by atoms with E-state index in [9.17, 15) is 4.79 Å². The first-order valence-corrected chi connectivity index (χ1v) is 8.11. The largest absolute Gasteiger partial charge is 0.456 e. The van der Waals surface area contributed by atoms with E-state index in [0.717, 1.165) is 30.8 Å². The van der Waals surface area contributed by atoms with Gasteiger partial charge in [0.2, 0.25) is 0 Å². The molecule has 124 valence electrons. The molecule has 5 heteroatoms. The fourth-order valence-corrected chi connectivity index (χ4v) is 2.85. The number of ether oxygens (including phenoxy) is 3. The number of amides is 1. The first-order chi connectivity index (χ1) is 11.7. The molecule has 2 aromatic rings. The normalized spacial score (nSPS) is 21.3. The van der Waals surface area contributed by atoms with Crippen LogP contribution in [0.25, 0.3) is 0 Å². The number of primary amides is 1. The van der Waals surface area contributed by atoms with E-state index in [-0.39, 0.29) is 12.2 Å². The highest BCUT2D eigenvalue weighted by molar-refractivity contribution is 5.96. The number of carbonyl (C=O) groups excluding carboxylic acids is 1. The molecule has 2 aliphatic heterocycles. The van der Waals surface area contributed by atoms with E-state index in [1.165, 1.54) is 0 Å². The van der Waals surface area contributed by atoms with Gasteiger partial charge < -0.3 is 19.9 Å². The molecule has 2 N–H and O–H groups in total. The number of para-hydroxylation sites is 1. The van der Waals surface area contributed by atoms with Crippen molar-refractivity contribution < 1.29 is 19.0 Å². The third-order valence-electron chi connectivity index (χ3n) is 4.27. The molecule has 24 heavy (non-hydrogen) atoms. The van der Waals surface area contributed by atoms with Crippen LogP contribution in [0.1, 0.15) is 21.5 Å². The summed E-state index contributed by atoms with van der Waals surface area (Å²) in [6.45, 7) is 1.52. The number of benzene rings is 2.